The van der Waals surface area contributed by atoms with E-state index in [9.17, 15) is 4.79 Å². The van der Waals surface area contributed by atoms with Crippen LogP contribution in [0.15, 0.2) is 28.7 Å². The van der Waals surface area contributed by atoms with Crippen LogP contribution in [0.4, 0.5) is 0 Å². The zero-order valence-electron chi connectivity index (χ0n) is 8.70. The maximum Gasteiger partial charge on any atom is 0.166 e. The van der Waals surface area contributed by atoms with Gasteiger partial charge in [0.2, 0.25) is 0 Å². The third-order valence-corrected chi connectivity index (χ3v) is 3.12. The molecule has 1 aromatic carbocycles. The normalized spacial score (nSPS) is 11.2. The van der Waals surface area contributed by atoms with E-state index in [1.54, 1.807) is 0 Å². The van der Waals surface area contributed by atoms with Crippen LogP contribution in [0.3, 0.4) is 0 Å². The molecule has 2 rings (SSSR count). The molecule has 1 heterocycles. The van der Waals surface area contributed by atoms with E-state index < -0.39 is 0 Å². The van der Waals surface area contributed by atoms with E-state index in [-0.39, 0.29) is 6.04 Å². The van der Waals surface area contributed by atoms with Gasteiger partial charge < -0.3 is 4.57 Å². The van der Waals surface area contributed by atoms with Crippen LogP contribution in [0.5, 0.6) is 0 Å². The molecule has 0 bridgehead atoms. The number of fused-ring (bicyclic) bond motifs is 1. The van der Waals surface area contributed by atoms with Crippen LogP contribution in [-0.2, 0) is 0 Å². The van der Waals surface area contributed by atoms with Gasteiger partial charge in [-0.2, -0.15) is 0 Å². The molecule has 15 heavy (non-hydrogen) atoms. The lowest BCUT2D eigenvalue weighted by Crippen LogP contribution is -2.04. The maximum atomic E-state index is 11.0. The van der Waals surface area contributed by atoms with Crippen molar-refractivity contribution in [2.45, 2.75) is 19.9 Å². The fourth-order valence-electron chi connectivity index (χ4n) is 1.91. The number of hydrogen-bond donors (Lipinski definition) is 0. The summed E-state index contributed by atoms with van der Waals surface area (Å²) in [5, 5.41) is 1.10. The summed E-state index contributed by atoms with van der Waals surface area (Å²) in [4.78, 5) is 11.0. The fourth-order valence-corrected chi connectivity index (χ4v) is 2.48. The van der Waals surface area contributed by atoms with Crippen LogP contribution < -0.4 is 0 Å². The van der Waals surface area contributed by atoms with Crippen LogP contribution in [0, 0.1) is 0 Å². The van der Waals surface area contributed by atoms with Crippen molar-refractivity contribution in [1.82, 2.24) is 4.57 Å². The summed E-state index contributed by atoms with van der Waals surface area (Å²) < 4.78 is 3.08. The van der Waals surface area contributed by atoms with E-state index in [1.165, 1.54) is 0 Å². The van der Waals surface area contributed by atoms with Gasteiger partial charge in [-0.05, 0) is 41.9 Å². The van der Waals surface area contributed by atoms with Crippen molar-refractivity contribution >= 4 is 33.1 Å². The second kappa shape index (κ2) is 3.81. The predicted octanol–water partition coefficient (Wildman–Crippen LogP) is 3.80. The molecular weight excluding hydrogens is 254 g/mol. The van der Waals surface area contributed by atoms with E-state index >= 15 is 0 Å². The first kappa shape index (κ1) is 10.4. The maximum absolute atomic E-state index is 11.0. The first-order chi connectivity index (χ1) is 7.15. The number of benzene rings is 1. The van der Waals surface area contributed by atoms with Crippen molar-refractivity contribution in [2.24, 2.45) is 0 Å². The van der Waals surface area contributed by atoms with Gasteiger partial charge >= 0.3 is 0 Å². The molecule has 0 N–H and O–H groups in total. The molecule has 1 aromatic heterocycles. The lowest BCUT2D eigenvalue weighted by Gasteiger charge is -2.12. The third-order valence-electron chi connectivity index (χ3n) is 2.48. The smallest absolute Gasteiger partial charge is 0.166 e. The summed E-state index contributed by atoms with van der Waals surface area (Å²) >= 11 is 3.52. The van der Waals surface area contributed by atoms with Crippen molar-refractivity contribution in [3.63, 3.8) is 0 Å². The van der Waals surface area contributed by atoms with Crippen LogP contribution in [0.25, 0.3) is 10.9 Å². The Kier molecular flexibility index (Phi) is 2.65. The number of hydrogen-bond acceptors (Lipinski definition) is 1. The van der Waals surface area contributed by atoms with Gasteiger partial charge in [0.1, 0.15) is 0 Å². The van der Waals surface area contributed by atoms with Crippen molar-refractivity contribution in [1.29, 1.82) is 0 Å². The number of para-hydroxylation sites is 1. The lowest BCUT2D eigenvalue weighted by molar-refractivity contribution is 0.111. The molecule has 0 saturated carbocycles. The number of rotatable bonds is 2. The highest BCUT2D eigenvalue weighted by Gasteiger charge is 2.12. The van der Waals surface area contributed by atoms with Gasteiger partial charge in [-0.25, -0.2) is 0 Å². The van der Waals surface area contributed by atoms with Crippen LogP contribution in [-0.4, -0.2) is 10.9 Å². The second-order valence-corrected chi connectivity index (χ2v) is 4.68. The quantitative estimate of drug-likeness (QED) is 0.758. The highest BCUT2D eigenvalue weighted by atomic mass is 79.9. The van der Waals surface area contributed by atoms with E-state index in [1.807, 2.05) is 28.8 Å². The molecule has 2 aromatic rings. The van der Waals surface area contributed by atoms with Gasteiger partial charge in [0, 0.05) is 15.9 Å². The topological polar surface area (TPSA) is 22.0 Å². The molecule has 0 amide bonds. The number of aromatic nitrogens is 1. The number of carbonyl (C=O) groups excluding carboxylic acids is 1. The van der Waals surface area contributed by atoms with Crippen LogP contribution in [0.2, 0.25) is 0 Å². The minimum Gasteiger partial charge on any atom is -0.335 e. The molecule has 0 aliphatic rings. The summed E-state index contributed by atoms with van der Waals surface area (Å²) in [5.74, 6) is 0. The molecule has 0 fully saturated rings. The molecular formula is C12H12BrNO. The van der Waals surface area contributed by atoms with Crippen molar-refractivity contribution in [3.8, 4) is 0 Å². The molecule has 0 radical (unpaired) electrons. The Labute approximate surface area is 97.0 Å². The monoisotopic (exact) mass is 265 g/mol. The average molecular weight is 266 g/mol. The molecule has 0 aliphatic carbocycles. The number of carbonyl (C=O) groups is 1. The van der Waals surface area contributed by atoms with Crippen molar-refractivity contribution < 1.29 is 4.79 Å². The Hall–Kier alpha value is -1.09. The van der Waals surface area contributed by atoms with E-state index in [2.05, 4.69) is 29.8 Å². The summed E-state index contributed by atoms with van der Waals surface area (Å²) in [7, 11) is 0. The summed E-state index contributed by atoms with van der Waals surface area (Å²) in [6.45, 7) is 4.15. The van der Waals surface area contributed by atoms with Gasteiger partial charge in [0.05, 0.1) is 11.2 Å². The lowest BCUT2D eigenvalue weighted by atomic mass is 10.2. The average Bonchev–Trinajstić information content (AvgIpc) is 2.57. The molecule has 0 atom stereocenters. The minimum absolute atomic E-state index is 0.279. The minimum atomic E-state index is 0.279. The molecule has 0 aliphatic heterocycles. The van der Waals surface area contributed by atoms with Crippen molar-refractivity contribution in [3.05, 3.63) is 34.4 Å². The Morgan fingerprint density at radius 1 is 1.40 bits per heavy atom. The number of halogens is 1. The Balaban J connectivity index is 2.88. The first-order valence-corrected chi connectivity index (χ1v) is 5.69. The second-order valence-electron chi connectivity index (χ2n) is 3.83. The summed E-state index contributed by atoms with van der Waals surface area (Å²) in [6, 6.07) is 8.20. The summed E-state index contributed by atoms with van der Waals surface area (Å²) in [5.41, 5.74) is 1.82. The van der Waals surface area contributed by atoms with Crippen molar-refractivity contribution in [2.75, 3.05) is 0 Å². The highest BCUT2D eigenvalue weighted by molar-refractivity contribution is 9.10. The van der Waals surface area contributed by atoms with E-state index in [0.717, 1.165) is 27.4 Å². The molecule has 0 saturated heterocycles. The van der Waals surface area contributed by atoms with Crippen LogP contribution >= 0.6 is 15.9 Å². The van der Waals surface area contributed by atoms with Gasteiger partial charge in [-0.15, -0.1) is 0 Å². The number of aldehydes is 1. The standard InChI is InChI=1S/C12H12BrNO/c1-8(2)14-10(7-15)6-9-4-3-5-11(13)12(9)14/h3-8H,1-2H3. The third kappa shape index (κ3) is 1.61. The van der Waals surface area contributed by atoms with Gasteiger partial charge in [-0.3, -0.25) is 4.79 Å². The zero-order valence-corrected chi connectivity index (χ0v) is 10.3. The highest BCUT2D eigenvalue weighted by Crippen LogP contribution is 2.29. The Bertz CT molecular complexity index is 514. The van der Waals surface area contributed by atoms with Gasteiger partial charge in [0.25, 0.3) is 0 Å². The fraction of sp³-hybridized carbons (Fsp3) is 0.250. The number of nitrogens with zero attached hydrogens (tertiary/aromatic N) is 1. The van der Waals surface area contributed by atoms with Crippen LogP contribution in [0.1, 0.15) is 30.4 Å². The van der Waals surface area contributed by atoms with Gasteiger partial charge in [0.15, 0.2) is 6.29 Å². The largest absolute Gasteiger partial charge is 0.335 e. The van der Waals surface area contributed by atoms with E-state index in [4.69, 9.17) is 0 Å². The zero-order chi connectivity index (χ0) is 11.0. The van der Waals surface area contributed by atoms with Gasteiger partial charge in [-0.1, -0.05) is 12.1 Å². The molecule has 3 heteroatoms. The molecule has 0 spiro atoms. The van der Waals surface area contributed by atoms with E-state index in [0.29, 0.717) is 0 Å². The Morgan fingerprint density at radius 2 is 2.13 bits per heavy atom. The SMILES string of the molecule is CC(C)n1c(C=O)cc2cccc(Br)c21. The first-order valence-electron chi connectivity index (χ1n) is 4.89. The molecule has 0 unspecified atom stereocenters. The summed E-state index contributed by atoms with van der Waals surface area (Å²) in [6.07, 6.45) is 0.909. The predicted molar refractivity (Wildman–Crippen MR) is 65.4 cm³/mol. The Morgan fingerprint density at radius 3 is 2.73 bits per heavy atom. The molecule has 78 valence electrons. The molecule has 2 nitrogen and oxygen atoms in total.